The van der Waals surface area contributed by atoms with Crippen LogP contribution in [0.1, 0.15) is 54.9 Å². The maximum Gasteiger partial charge on any atom is 0.252 e. The Kier molecular flexibility index (Phi) is 7.28. The number of nitrogens with one attached hydrogen (secondary N) is 1. The number of Topliss-reactive ketones (excluding diaryl/α,β-unsaturated/α-hetero) is 1. The van der Waals surface area contributed by atoms with Crippen molar-refractivity contribution in [2.45, 2.75) is 56.5 Å². The predicted octanol–water partition coefficient (Wildman–Crippen LogP) is 4.27. The molecule has 1 aliphatic rings. The monoisotopic (exact) mass is 498 g/mol. The van der Waals surface area contributed by atoms with Gasteiger partial charge in [-0.25, -0.2) is 8.42 Å². The van der Waals surface area contributed by atoms with Gasteiger partial charge in [-0.15, -0.1) is 0 Å². The molecule has 0 amide bonds. The number of fused-ring (bicyclic) bond motifs is 1. The molecular weight excluding hydrogens is 468 g/mol. The number of methoxy groups -OCH3 is 2. The molecule has 1 fully saturated rings. The number of nitrogens with zero attached hydrogens (tertiary/aromatic N) is 1. The maximum absolute atomic E-state index is 13.8. The zero-order chi connectivity index (χ0) is 25.2. The number of carbonyl (C=O) groups is 1. The number of ether oxygens (including phenoxy) is 2. The molecule has 1 saturated carbocycles. The van der Waals surface area contributed by atoms with Crippen molar-refractivity contribution < 1.29 is 22.7 Å². The van der Waals surface area contributed by atoms with Crippen molar-refractivity contribution in [3.05, 3.63) is 63.9 Å². The molecule has 35 heavy (non-hydrogen) atoms. The summed E-state index contributed by atoms with van der Waals surface area (Å²) in [5, 5.41) is 0.712. The van der Waals surface area contributed by atoms with Crippen molar-refractivity contribution in [3.63, 3.8) is 0 Å². The van der Waals surface area contributed by atoms with Gasteiger partial charge in [0.15, 0.2) is 17.3 Å². The number of rotatable bonds is 8. The molecule has 0 spiro atoms. The van der Waals surface area contributed by atoms with Crippen LogP contribution in [0.15, 0.2) is 52.2 Å². The summed E-state index contributed by atoms with van der Waals surface area (Å²) >= 11 is 0. The highest BCUT2D eigenvalue weighted by Gasteiger charge is 2.33. The molecule has 1 aliphatic carbocycles. The summed E-state index contributed by atoms with van der Waals surface area (Å²) in [6.45, 7) is 1.38. The average Bonchev–Trinajstić information content (AvgIpc) is 2.87. The Morgan fingerprint density at radius 2 is 1.63 bits per heavy atom. The standard InChI is InChI=1S/C26H30N2O6S/c1-17(29)18-9-11-22(12-10-18)35(31,32)28(21-7-5-4-6-8-21)16-20-13-19-14-24(33-2)25(34-3)15-23(19)27-26(20)30/h9-15,21H,4-8,16H2,1-3H3,(H,27,30). The topological polar surface area (TPSA) is 106 Å². The van der Waals surface area contributed by atoms with E-state index in [0.717, 1.165) is 32.1 Å². The number of aromatic amines is 1. The van der Waals surface area contributed by atoms with Crippen LogP contribution < -0.4 is 15.0 Å². The Morgan fingerprint density at radius 1 is 1.00 bits per heavy atom. The first-order valence-corrected chi connectivity index (χ1v) is 13.1. The van der Waals surface area contributed by atoms with Crippen LogP contribution in [-0.4, -0.2) is 43.8 Å². The van der Waals surface area contributed by atoms with E-state index in [9.17, 15) is 18.0 Å². The summed E-state index contributed by atoms with van der Waals surface area (Å²) in [6.07, 6.45) is 4.41. The van der Waals surface area contributed by atoms with Crippen LogP contribution in [0.25, 0.3) is 10.9 Å². The van der Waals surface area contributed by atoms with Gasteiger partial charge in [0.1, 0.15) is 0 Å². The van der Waals surface area contributed by atoms with Gasteiger partial charge in [0.05, 0.1) is 24.6 Å². The Balaban J connectivity index is 1.76. The molecule has 0 unspecified atom stereocenters. The Hall–Kier alpha value is -3.17. The van der Waals surface area contributed by atoms with Crippen LogP contribution >= 0.6 is 0 Å². The van der Waals surface area contributed by atoms with Gasteiger partial charge in [0, 0.05) is 35.2 Å². The Labute approximate surface area is 204 Å². The van der Waals surface area contributed by atoms with Crippen LogP contribution in [-0.2, 0) is 16.6 Å². The lowest BCUT2D eigenvalue weighted by molar-refractivity contribution is 0.101. The fraction of sp³-hybridized carbons (Fsp3) is 0.385. The van der Waals surface area contributed by atoms with Crippen LogP contribution in [0.4, 0.5) is 0 Å². The minimum absolute atomic E-state index is 0.0545. The molecule has 0 saturated heterocycles. The van der Waals surface area contributed by atoms with E-state index in [1.807, 2.05) is 0 Å². The number of aromatic nitrogens is 1. The van der Waals surface area contributed by atoms with E-state index < -0.39 is 10.0 Å². The summed E-state index contributed by atoms with van der Waals surface area (Å²) in [4.78, 5) is 27.6. The molecule has 0 radical (unpaired) electrons. The summed E-state index contributed by atoms with van der Waals surface area (Å²) in [5.74, 6) is 0.872. The van der Waals surface area contributed by atoms with E-state index in [4.69, 9.17) is 9.47 Å². The first-order chi connectivity index (χ1) is 16.7. The number of carbonyl (C=O) groups excluding carboxylic acids is 1. The molecule has 8 nitrogen and oxygen atoms in total. The van der Waals surface area contributed by atoms with Crippen LogP contribution in [0.2, 0.25) is 0 Å². The number of ketones is 1. The number of hydrogen-bond acceptors (Lipinski definition) is 6. The molecule has 0 aliphatic heterocycles. The highest BCUT2D eigenvalue weighted by molar-refractivity contribution is 7.89. The lowest BCUT2D eigenvalue weighted by Gasteiger charge is -2.33. The highest BCUT2D eigenvalue weighted by Crippen LogP contribution is 2.32. The Morgan fingerprint density at radius 3 is 2.23 bits per heavy atom. The van der Waals surface area contributed by atoms with Gasteiger partial charge < -0.3 is 14.5 Å². The fourth-order valence-corrected chi connectivity index (χ4v) is 6.30. The molecule has 1 aromatic heterocycles. The molecule has 186 valence electrons. The number of hydrogen-bond donors (Lipinski definition) is 1. The number of benzene rings is 2. The summed E-state index contributed by atoms with van der Waals surface area (Å²) in [5.41, 5.74) is 1.01. The molecule has 1 N–H and O–H groups in total. The minimum atomic E-state index is -3.91. The van der Waals surface area contributed by atoms with Gasteiger partial charge in [-0.3, -0.25) is 9.59 Å². The summed E-state index contributed by atoms with van der Waals surface area (Å²) < 4.78 is 39.7. The molecular formula is C26H30N2O6S. The first kappa shape index (κ1) is 24.9. The molecule has 9 heteroatoms. The second kappa shape index (κ2) is 10.2. The van der Waals surface area contributed by atoms with E-state index in [2.05, 4.69) is 4.98 Å². The second-order valence-corrected chi connectivity index (χ2v) is 10.7. The van der Waals surface area contributed by atoms with Crippen molar-refractivity contribution in [2.24, 2.45) is 0 Å². The third-order valence-corrected chi connectivity index (χ3v) is 8.51. The molecule has 3 aromatic rings. The van der Waals surface area contributed by atoms with Crippen molar-refractivity contribution in [2.75, 3.05) is 14.2 Å². The molecule has 0 bridgehead atoms. The average molecular weight is 499 g/mol. The van der Waals surface area contributed by atoms with Crippen LogP contribution in [0.3, 0.4) is 0 Å². The molecule has 1 heterocycles. The van der Waals surface area contributed by atoms with Gasteiger partial charge in [-0.1, -0.05) is 31.4 Å². The SMILES string of the molecule is COc1cc2cc(CN(C3CCCCC3)S(=O)(=O)c3ccc(C(C)=O)cc3)c(=O)[nH]c2cc1OC. The van der Waals surface area contributed by atoms with Crippen LogP contribution in [0, 0.1) is 0 Å². The first-order valence-electron chi connectivity index (χ1n) is 11.7. The second-order valence-electron chi connectivity index (χ2n) is 8.84. The zero-order valence-corrected chi connectivity index (χ0v) is 21.0. The van der Waals surface area contributed by atoms with Gasteiger partial charge in [0.2, 0.25) is 10.0 Å². The third kappa shape index (κ3) is 5.11. The Bertz CT molecular complexity index is 1390. The quantitative estimate of drug-likeness (QED) is 0.465. The number of sulfonamides is 1. The number of pyridine rings is 1. The smallest absolute Gasteiger partial charge is 0.252 e. The predicted molar refractivity (Wildman–Crippen MR) is 134 cm³/mol. The largest absolute Gasteiger partial charge is 0.493 e. The lowest BCUT2D eigenvalue weighted by Crippen LogP contribution is -2.42. The van der Waals surface area contributed by atoms with Gasteiger partial charge in [-0.05, 0) is 44.0 Å². The van der Waals surface area contributed by atoms with Crippen molar-refractivity contribution in [1.29, 1.82) is 0 Å². The zero-order valence-electron chi connectivity index (χ0n) is 20.2. The van der Waals surface area contributed by atoms with E-state index in [-0.39, 0.29) is 28.8 Å². The van der Waals surface area contributed by atoms with Crippen molar-refractivity contribution in [3.8, 4) is 11.5 Å². The lowest BCUT2D eigenvalue weighted by atomic mass is 9.95. The van der Waals surface area contributed by atoms with E-state index in [1.165, 1.54) is 49.7 Å². The van der Waals surface area contributed by atoms with Gasteiger partial charge in [0.25, 0.3) is 5.56 Å². The van der Waals surface area contributed by atoms with E-state index >= 15 is 0 Å². The molecule has 4 rings (SSSR count). The fourth-order valence-electron chi connectivity index (χ4n) is 4.64. The van der Waals surface area contributed by atoms with Gasteiger partial charge >= 0.3 is 0 Å². The minimum Gasteiger partial charge on any atom is -0.493 e. The van der Waals surface area contributed by atoms with Gasteiger partial charge in [-0.2, -0.15) is 4.31 Å². The van der Waals surface area contributed by atoms with E-state index in [1.54, 1.807) is 18.2 Å². The molecule has 0 atom stereocenters. The highest BCUT2D eigenvalue weighted by atomic mass is 32.2. The number of H-pyrrole nitrogens is 1. The van der Waals surface area contributed by atoms with Crippen molar-refractivity contribution in [1.82, 2.24) is 9.29 Å². The van der Waals surface area contributed by atoms with Crippen molar-refractivity contribution >= 4 is 26.7 Å². The summed E-state index contributed by atoms with van der Waals surface area (Å²) in [6, 6.07) is 10.9. The van der Waals surface area contributed by atoms with E-state index in [0.29, 0.717) is 33.5 Å². The maximum atomic E-state index is 13.8. The molecule has 2 aromatic carbocycles. The third-order valence-electron chi connectivity index (χ3n) is 6.60. The van der Waals surface area contributed by atoms with Crippen LogP contribution in [0.5, 0.6) is 11.5 Å². The summed E-state index contributed by atoms with van der Waals surface area (Å²) in [7, 11) is -0.858. The normalized spacial score (nSPS) is 14.9.